The van der Waals surface area contributed by atoms with E-state index in [1.165, 1.54) is 63.4 Å². The maximum atomic E-state index is 4.38. The highest BCUT2D eigenvalue weighted by Crippen LogP contribution is 2.32. The number of piperidine rings is 1. The summed E-state index contributed by atoms with van der Waals surface area (Å²) in [5.41, 5.74) is 2.37. The number of aromatic amines is 1. The molecule has 3 heterocycles. The Balaban J connectivity index is 1.43. The summed E-state index contributed by atoms with van der Waals surface area (Å²) in [4.78, 5) is 5.27. The molecular formula is C18H32N4. The molecule has 0 aromatic carbocycles. The van der Waals surface area contributed by atoms with Crippen LogP contribution in [0.15, 0.2) is 6.07 Å². The van der Waals surface area contributed by atoms with Gasteiger partial charge in [0.1, 0.15) is 0 Å². The Labute approximate surface area is 135 Å². The molecule has 0 saturated carbocycles. The largest absolute Gasteiger partial charge is 0.303 e. The van der Waals surface area contributed by atoms with E-state index in [1.807, 2.05) is 0 Å². The maximum Gasteiger partial charge on any atom is 0.0765 e. The van der Waals surface area contributed by atoms with E-state index in [0.717, 1.165) is 24.3 Å². The monoisotopic (exact) mass is 304 g/mol. The van der Waals surface area contributed by atoms with Crippen molar-refractivity contribution in [3.8, 4) is 0 Å². The lowest BCUT2D eigenvalue weighted by Crippen LogP contribution is -2.38. The number of hydrogen-bond acceptors (Lipinski definition) is 3. The summed E-state index contributed by atoms with van der Waals surface area (Å²) in [6.45, 7) is 14.2. The average molecular weight is 304 g/mol. The molecule has 22 heavy (non-hydrogen) atoms. The molecule has 1 N–H and O–H groups in total. The van der Waals surface area contributed by atoms with Crippen LogP contribution in [0.4, 0.5) is 0 Å². The fraction of sp³-hybridized carbons (Fsp3) is 0.833. The SMILES string of the molecule is Cc1cc(CN2CC[C@H](C3CCN(CC(C)C)CC3)C2)n[nH]1. The molecule has 2 aliphatic rings. The van der Waals surface area contributed by atoms with Crippen LogP contribution in [0.5, 0.6) is 0 Å². The predicted molar refractivity (Wildman–Crippen MR) is 90.7 cm³/mol. The van der Waals surface area contributed by atoms with Crippen molar-refractivity contribution in [2.24, 2.45) is 17.8 Å². The molecule has 1 aromatic rings. The van der Waals surface area contributed by atoms with Crippen molar-refractivity contribution in [1.82, 2.24) is 20.0 Å². The molecule has 0 aliphatic carbocycles. The summed E-state index contributed by atoms with van der Waals surface area (Å²) >= 11 is 0. The van der Waals surface area contributed by atoms with Crippen LogP contribution in [-0.2, 0) is 6.54 Å². The molecule has 4 heteroatoms. The predicted octanol–water partition coefficient (Wildman–Crippen LogP) is 2.91. The molecule has 2 aliphatic heterocycles. The lowest BCUT2D eigenvalue weighted by molar-refractivity contribution is 0.135. The molecular weight excluding hydrogens is 272 g/mol. The van der Waals surface area contributed by atoms with Crippen molar-refractivity contribution in [3.05, 3.63) is 17.5 Å². The van der Waals surface area contributed by atoms with Crippen molar-refractivity contribution in [1.29, 1.82) is 0 Å². The van der Waals surface area contributed by atoms with Gasteiger partial charge in [-0.25, -0.2) is 0 Å². The summed E-state index contributed by atoms with van der Waals surface area (Å²) in [6, 6.07) is 2.18. The minimum atomic E-state index is 0.802. The smallest absolute Gasteiger partial charge is 0.0765 e. The Morgan fingerprint density at radius 3 is 2.45 bits per heavy atom. The molecule has 0 unspecified atom stereocenters. The number of aryl methyl sites for hydroxylation is 1. The normalized spacial score (nSPS) is 25.4. The van der Waals surface area contributed by atoms with E-state index >= 15 is 0 Å². The van der Waals surface area contributed by atoms with E-state index in [-0.39, 0.29) is 0 Å². The molecule has 124 valence electrons. The van der Waals surface area contributed by atoms with E-state index in [4.69, 9.17) is 0 Å². The third-order valence-electron chi connectivity index (χ3n) is 5.38. The second-order valence-electron chi connectivity index (χ2n) is 7.86. The summed E-state index contributed by atoms with van der Waals surface area (Å²) in [5, 5.41) is 7.44. The molecule has 1 aromatic heterocycles. The number of rotatable bonds is 5. The molecule has 0 radical (unpaired) electrons. The Kier molecular flexibility index (Phi) is 5.19. The van der Waals surface area contributed by atoms with Gasteiger partial charge >= 0.3 is 0 Å². The molecule has 0 amide bonds. The molecule has 0 bridgehead atoms. The maximum absolute atomic E-state index is 4.38. The highest BCUT2D eigenvalue weighted by molar-refractivity contribution is 5.06. The first-order chi connectivity index (χ1) is 10.6. The van der Waals surface area contributed by atoms with E-state index in [0.29, 0.717) is 0 Å². The topological polar surface area (TPSA) is 35.2 Å². The van der Waals surface area contributed by atoms with Gasteiger partial charge in [-0.2, -0.15) is 5.10 Å². The van der Waals surface area contributed by atoms with Crippen molar-refractivity contribution >= 4 is 0 Å². The van der Waals surface area contributed by atoms with Crippen molar-refractivity contribution < 1.29 is 0 Å². The van der Waals surface area contributed by atoms with Gasteiger partial charge in [0.25, 0.3) is 0 Å². The number of nitrogens with one attached hydrogen (secondary N) is 1. The highest BCUT2D eigenvalue weighted by atomic mass is 15.2. The van der Waals surface area contributed by atoms with E-state index in [1.54, 1.807) is 0 Å². The van der Waals surface area contributed by atoms with Crippen LogP contribution in [0.3, 0.4) is 0 Å². The zero-order valence-electron chi connectivity index (χ0n) is 14.5. The van der Waals surface area contributed by atoms with Gasteiger partial charge in [0, 0.05) is 25.3 Å². The van der Waals surface area contributed by atoms with Gasteiger partial charge in [0.05, 0.1) is 5.69 Å². The lowest BCUT2D eigenvalue weighted by Gasteiger charge is -2.35. The van der Waals surface area contributed by atoms with E-state index < -0.39 is 0 Å². The summed E-state index contributed by atoms with van der Waals surface area (Å²) < 4.78 is 0. The first kappa shape index (κ1) is 16.0. The Hall–Kier alpha value is -0.870. The highest BCUT2D eigenvalue weighted by Gasteiger charge is 2.32. The number of nitrogens with zero attached hydrogens (tertiary/aromatic N) is 3. The average Bonchev–Trinajstić information content (AvgIpc) is 3.09. The minimum Gasteiger partial charge on any atom is -0.303 e. The fourth-order valence-corrected chi connectivity index (χ4v) is 4.30. The minimum absolute atomic E-state index is 0.802. The number of aromatic nitrogens is 2. The van der Waals surface area contributed by atoms with Crippen LogP contribution in [0.1, 0.15) is 44.5 Å². The molecule has 3 rings (SSSR count). The number of hydrogen-bond donors (Lipinski definition) is 1. The Morgan fingerprint density at radius 2 is 1.82 bits per heavy atom. The van der Waals surface area contributed by atoms with Crippen LogP contribution < -0.4 is 0 Å². The van der Waals surface area contributed by atoms with Crippen molar-refractivity contribution in [2.45, 2.75) is 46.6 Å². The first-order valence-corrected chi connectivity index (χ1v) is 9.05. The fourth-order valence-electron chi connectivity index (χ4n) is 4.30. The Morgan fingerprint density at radius 1 is 1.14 bits per heavy atom. The first-order valence-electron chi connectivity index (χ1n) is 9.05. The van der Waals surface area contributed by atoms with Crippen LogP contribution in [-0.4, -0.2) is 52.7 Å². The van der Waals surface area contributed by atoms with Gasteiger partial charge in [-0.05, 0) is 69.6 Å². The molecule has 2 saturated heterocycles. The van der Waals surface area contributed by atoms with Gasteiger partial charge < -0.3 is 4.90 Å². The third kappa shape index (κ3) is 4.11. The van der Waals surface area contributed by atoms with Crippen LogP contribution in [0.2, 0.25) is 0 Å². The molecule has 0 spiro atoms. The van der Waals surface area contributed by atoms with E-state index in [2.05, 4.69) is 46.8 Å². The van der Waals surface area contributed by atoms with Crippen molar-refractivity contribution in [2.75, 3.05) is 32.7 Å². The zero-order chi connectivity index (χ0) is 15.5. The van der Waals surface area contributed by atoms with Gasteiger partial charge in [-0.15, -0.1) is 0 Å². The second kappa shape index (κ2) is 7.14. The summed E-state index contributed by atoms with van der Waals surface area (Å²) in [6.07, 6.45) is 4.21. The molecule has 1 atom stereocenters. The third-order valence-corrected chi connectivity index (χ3v) is 5.38. The number of likely N-dealkylation sites (tertiary alicyclic amines) is 2. The van der Waals surface area contributed by atoms with Crippen LogP contribution >= 0.6 is 0 Å². The quantitative estimate of drug-likeness (QED) is 0.908. The lowest BCUT2D eigenvalue weighted by atomic mass is 9.83. The Bertz CT molecular complexity index is 459. The van der Waals surface area contributed by atoms with Gasteiger partial charge in [0.15, 0.2) is 0 Å². The zero-order valence-corrected chi connectivity index (χ0v) is 14.5. The van der Waals surface area contributed by atoms with Crippen LogP contribution in [0.25, 0.3) is 0 Å². The summed E-state index contributed by atoms with van der Waals surface area (Å²) in [5.74, 6) is 2.67. The summed E-state index contributed by atoms with van der Waals surface area (Å²) in [7, 11) is 0. The standard InChI is InChI=1S/C18H32N4/c1-14(2)11-21-7-4-16(5-8-21)17-6-9-22(12-17)13-18-10-15(3)19-20-18/h10,14,16-17H,4-9,11-13H2,1-3H3,(H,19,20)/t17-/m0/s1. The van der Waals surface area contributed by atoms with Gasteiger partial charge in [-0.1, -0.05) is 13.8 Å². The van der Waals surface area contributed by atoms with Crippen molar-refractivity contribution in [3.63, 3.8) is 0 Å². The van der Waals surface area contributed by atoms with Gasteiger partial charge in [-0.3, -0.25) is 10.00 Å². The van der Waals surface area contributed by atoms with E-state index in [9.17, 15) is 0 Å². The molecule has 2 fully saturated rings. The number of H-pyrrole nitrogens is 1. The second-order valence-corrected chi connectivity index (χ2v) is 7.86. The molecule has 4 nitrogen and oxygen atoms in total. The van der Waals surface area contributed by atoms with Crippen LogP contribution in [0, 0.1) is 24.7 Å². The van der Waals surface area contributed by atoms with Gasteiger partial charge in [0.2, 0.25) is 0 Å².